The number of aromatic nitrogens is 3. The molecule has 1 aliphatic carbocycles. The highest BCUT2D eigenvalue weighted by atomic mass is 16.5. The molecular formula is C25H30N6O3. The smallest absolute Gasteiger partial charge is 0.252 e. The minimum absolute atomic E-state index is 0.231. The molecule has 0 unspecified atom stereocenters. The van der Waals surface area contributed by atoms with Gasteiger partial charge in [0.25, 0.3) is 5.91 Å². The zero-order chi connectivity index (χ0) is 23.9. The number of anilines is 3. The molecule has 2 amide bonds. The number of aryl methyl sites for hydroxylation is 1. The Morgan fingerprint density at radius 1 is 1.12 bits per heavy atom. The van der Waals surface area contributed by atoms with E-state index in [-0.39, 0.29) is 11.8 Å². The quantitative estimate of drug-likeness (QED) is 0.445. The number of carbonyl (C=O) groups is 2. The summed E-state index contributed by atoms with van der Waals surface area (Å²) in [6.45, 7) is 0. The van der Waals surface area contributed by atoms with Crippen molar-refractivity contribution in [3.63, 3.8) is 0 Å². The van der Waals surface area contributed by atoms with Crippen molar-refractivity contribution in [3.05, 3.63) is 60.7 Å². The van der Waals surface area contributed by atoms with Gasteiger partial charge in [-0.2, -0.15) is 5.10 Å². The summed E-state index contributed by atoms with van der Waals surface area (Å²) in [5, 5.41) is 13.2. The molecule has 0 spiro atoms. The van der Waals surface area contributed by atoms with Crippen molar-refractivity contribution >= 4 is 28.9 Å². The first kappa shape index (κ1) is 23.3. The van der Waals surface area contributed by atoms with Gasteiger partial charge >= 0.3 is 0 Å². The van der Waals surface area contributed by atoms with Crippen LogP contribution in [0.2, 0.25) is 0 Å². The van der Waals surface area contributed by atoms with Gasteiger partial charge in [0, 0.05) is 30.6 Å². The van der Waals surface area contributed by atoms with Crippen molar-refractivity contribution in [3.8, 4) is 5.75 Å². The molecule has 0 bridgehead atoms. The number of nitrogens with zero attached hydrogens (tertiary/aromatic N) is 3. The summed E-state index contributed by atoms with van der Waals surface area (Å²) in [4.78, 5) is 30.3. The highest BCUT2D eigenvalue weighted by Gasteiger charge is 2.27. The number of hydrogen-bond donors (Lipinski definition) is 3. The first-order valence-electron chi connectivity index (χ1n) is 11.5. The number of methoxy groups -OCH3 is 1. The Hall–Kier alpha value is -3.88. The van der Waals surface area contributed by atoms with E-state index in [1.807, 2.05) is 12.1 Å². The molecule has 34 heavy (non-hydrogen) atoms. The maximum atomic E-state index is 13.1. The summed E-state index contributed by atoms with van der Waals surface area (Å²) in [6, 6.07) is 8.33. The van der Waals surface area contributed by atoms with Gasteiger partial charge < -0.3 is 20.7 Å². The van der Waals surface area contributed by atoms with Crippen molar-refractivity contribution < 1.29 is 14.3 Å². The van der Waals surface area contributed by atoms with Gasteiger partial charge in [-0.1, -0.05) is 31.7 Å². The van der Waals surface area contributed by atoms with E-state index in [1.165, 1.54) is 12.8 Å². The van der Waals surface area contributed by atoms with Crippen LogP contribution in [0, 0.1) is 5.92 Å². The van der Waals surface area contributed by atoms with Crippen LogP contribution < -0.4 is 20.7 Å². The van der Waals surface area contributed by atoms with E-state index in [1.54, 1.807) is 61.8 Å². The van der Waals surface area contributed by atoms with Crippen molar-refractivity contribution in [1.29, 1.82) is 0 Å². The first-order valence-corrected chi connectivity index (χ1v) is 11.5. The molecule has 3 aromatic rings. The monoisotopic (exact) mass is 462 g/mol. The number of hydrogen-bond acceptors (Lipinski definition) is 6. The summed E-state index contributed by atoms with van der Waals surface area (Å²) >= 11 is 0. The third kappa shape index (κ3) is 6.12. The molecule has 9 nitrogen and oxygen atoms in total. The summed E-state index contributed by atoms with van der Waals surface area (Å²) in [7, 11) is 3.37. The van der Waals surface area contributed by atoms with Crippen LogP contribution in [-0.4, -0.2) is 39.7 Å². The molecule has 3 N–H and O–H groups in total. The fourth-order valence-corrected chi connectivity index (χ4v) is 4.27. The molecule has 2 heterocycles. The molecule has 2 aromatic heterocycles. The molecular weight excluding hydrogens is 432 g/mol. The van der Waals surface area contributed by atoms with Crippen LogP contribution in [0.25, 0.3) is 0 Å². The maximum Gasteiger partial charge on any atom is 0.252 e. The number of nitrogens with one attached hydrogen (secondary N) is 3. The Bertz CT molecular complexity index is 1140. The van der Waals surface area contributed by atoms with Crippen LogP contribution in [0.1, 0.15) is 42.5 Å². The van der Waals surface area contributed by atoms with E-state index in [2.05, 4.69) is 26.0 Å². The van der Waals surface area contributed by atoms with Crippen molar-refractivity contribution in [1.82, 2.24) is 20.1 Å². The van der Waals surface area contributed by atoms with E-state index in [4.69, 9.17) is 4.74 Å². The number of carbonyl (C=O) groups excluding carboxylic acids is 2. The van der Waals surface area contributed by atoms with Gasteiger partial charge in [-0.15, -0.1) is 0 Å². The van der Waals surface area contributed by atoms with E-state index in [0.29, 0.717) is 29.3 Å². The standard InChI is InChI=1S/C25H30N6O3/c1-31-16-21(14-27-31)29-25(33)23(10-17-6-3-4-7-17)30-24(32)18-8-5-9-19(11-18)28-20-12-22(34-2)15-26-13-20/h5,8-9,11-17,23,28H,3-4,6-7,10H2,1-2H3,(H,29,33)(H,30,32)/t23-/m0/s1. The molecule has 1 saturated carbocycles. The average Bonchev–Trinajstić information content (AvgIpc) is 3.50. The molecule has 0 saturated heterocycles. The highest BCUT2D eigenvalue weighted by molar-refractivity contribution is 6.01. The second-order valence-electron chi connectivity index (χ2n) is 8.62. The molecule has 1 aliphatic rings. The zero-order valence-corrected chi connectivity index (χ0v) is 19.5. The molecule has 1 fully saturated rings. The topological polar surface area (TPSA) is 110 Å². The van der Waals surface area contributed by atoms with Crippen LogP contribution in [0.5, 0.6) is 5.75 Å². The Kier molecular flexibility index (Phi) is 7.41. The number of rotatable bonds is 9. The Balaban J connectivity index is 1.46. The summed E-state index contributed by atoms with van der Waals surface area (Å²) in [6.07, 6.45) is 11.7. The SMILES string of the molecule is COc1cncc(Nc2cccc(C(=O)N[C@@H](CC3CCCC3)C(=O)Nc3cnn(C)c3)c2)c1. The normalized spacial score (nSPS) is 14.4. The van der Waals surface area contributed by atoms with Gasteiger partial charge in [0.05, 0.1) is 37.1 Å². The largest absolute Gasteiger partial charge is 0.495 e. The van der Waals surface area contributed by atoms with Gasteiger partial charge in [-0.05, 0) is 30.5 Å². The zero-order valence-electron chi connectivity index (χ0n) is 19.5. The van der Waals surface area contributed by atoms with E-state index in [0.717, 1.165) is 24.2 Å². The van der Waals surface area contributed by atoms with E-state index in [9.17, 15) is 9.59 Å². The van der Waals surface area contributed by atoms with Crippen molar-refractivity contribution in [2.24, 2.45) is 13.0 Å². The number of pyridine rings is 1. The molecule has 0 radical (unpaired) electrons. The Morgan fingerprint density at radius 2 is 1.94 bits per heavy atom. The van der Waals surface area contributed by atoms with Gasteiger partial charge in [-0.25, -0.2) is 0 Å². The lowest BCUT2D eigenvalue weighted by atomic mass is 9.97. The van der Waals surface area contributed by atoms with Crippen LogP contribution in [0.4, 0.5) is 17.1 Å². The predicted octanol–water partition coefficient (Wildman–Crippen LogP) is 3.88. The minimum Gasteiger partial charge on any atom is -0.495 e. The first-order chi connectivity index (χ1) is 16.5. The third-order valence-electron chi connectivity index (χ3n) is 6.00. The van der Waals surface area contributed by atoms with Crippen LogP contribution in [0.15, 0.2) is 55.1 Å². The molecule has 1 aromatic carbocycles. The van der Waals surface area contributed by atoms with E-state index < -0.39 is 6.04 Å². The van der Waals surface area contributed by atoms with Crippen molar-refractivity contribution in [2.75, 3.05) is 17.7 Å². The highest BCUT2D eigenvalue weighted by Crippen LogP contribution is 2.29. The van der Waals surface area contributed by atoms with Crippen LogP contribution in [0.3, 0.4) is 0 Å². The molecule has 9 heteroatoms. The third-order valence-corrected chi connectivity index (χ3v) is 6.00. The molecule has 4 rings (SSSR count). The molecule has 0 aliphatic heterocycles. The summed E-state index contributed by atoms with van der Waals surface area (Å²) in [5.74, 6) is 0.536. The van der Waals surface area contributed by atoms with Gasteiger partial charge in [-0.3, -0.25) is 19.3 Å². The number of ether oxygens (including phenoxy) is 1. The average molecular weight is 463 g/mol. The van der Waals surface area contributed by atoms with Crippen molar-refractivity contribution in [2.45, 2.75) is 38.1 Å². The lowest BCUT2D eigenvalue weighted by Crippen LogP contribution is -2.44. The maximum absolute atomic E-state index is 13.1. The Morgan fingerprint density at radius 3 is 2.68 bits per heavy atom. The lowest BCUT2D eigenvalue weighted by Gasteiger charge is -2.21. The van der Waals surface area contributed by atoms with Crippen LogP contribution >= 0.6 is 0 Å². The van der Waals surface area contributed by atoms with Gasteiger partial charge in [0.2, 0.25) is 5.91 Å². The number of benzene rings is 1. The van der Waals surface area contributed by atoms with Gasteiger partial charge in [0.15, 0.2) is 0 Å². The molecule has 1 atom stereocenters. The molecule has 178 valence electrons. The summed E-state index contributed by atoms with van der Waals surface area (Å²) in [5.41, 5.74) is 2.55. The second kappa shape index (κ2) is 10.8. The fourth-order valence-electron chi connectivity index (χ4n) is 4.27. The number of amides is 2. The lowest BCUT2D eigenvalue weighted by molar-refractivity contribution is -0.118. The summed E-state index contributed by atoms with van der Waals surface area (Å²) < 4.78 is 6.83. The Labute approximate surface area is 198 Å². The van der Waals surface area contributed by atoms with E-state index >= 15 is 0 Å². The second-order valence-corrected chi connectivity index (χ2v) is 8.62. The fraction of sp³-hybridized carbons (Fsp3) is 0.360. The van der Waals surface area contributed by atoms with Gasteiger partial charge in [0.1, 0.15) is 11.8 Å². The van der Waals surface area contributed by atoms with Crippen LogP contribution in [-0.2, 0) is 11.8 Å². The predicted molar refractivity (Wildman–Crippen MR) is 130 cm³/mol. The minimum atomic E-state index is -0.630.